The summed E-state index contributed by atoms with van der Waals surface area (Å²) in [7, 11) is 3.67. The van der Waals surface area contributed by atoms with Crippen molar-refractivity contribution in [3.8, 4) is 22.5 Å². The third kappa shape index (κ3) is 3.52. The number of benzene rings is 1. The minimum absolute atomic E-state index is 0.0382. The van der Waals surface area contributed by atoms with Gasteiger partial charge in [-0.1, -0.05) is 6.07 Å². The van der Waals surface area contributed by atoms with Gasteiger partial charge in [-0.2, -0.15) is 5.10 Å². The summed E-state index contributed by atoms with van der Waals surface area (Å²) in [5.41, 5.74) is 4.52. The van der Waals surface area contributed by atoms with Gasteiger partial charge in [0, 0.05) is 62.1 Å². The predicted molar refractivity (Wildman–Crippen MR) is 134 cm³/mol. The molecule has 36 heavy (non-hydrogen) atoms. The molecule has 0 saturated carbocycles. The van der Waals surface area contributed by atoms with E-state index in [-0.39, 0.29) is 17.6 Å². The van der Waals surface area contributed by atoms with Crippen molar-refractivity contribution < 1.29 is 13.9 Å². The molecule has 0 N–H and O–H groups in total. The standard InChI is InChI=1S/C27H29FN6O2/c1-15-20(13-33(4)31-15)22-11-18-5-6-21(28)24(19(18)12-29-22)25-23-14-32(3)27(35)16(2)34(23)26(30-25)17-7-9-36-10-8-17/h5-6,11-13,16-17H,7-10,14H2,1-4H3/t16-/m1/s1. The smallest absolute Gasteiger partial charge is 0.245 e. The molecule has 1 fully saturated rings. The van der Waals surface area contributed by atoms with E-state index in [0.717, 1.165) is 46.7 Å². The number of pyridine rings is 1. The fourth-order valence-electron chi connectivity index (χ4n) is 5.68. The molecule has 2 aliphatic rings. The van der Waals surface area contributed by atoms with Crippen LogP contribution in [0.2, 0.25) is 0 Å². The number of imidazole rings is 1. The topological polar surface area (TPSA) is 78.1 Å². The number of likely N-dealkylation sites (N-methyl/N-ethyl adjacent to an activating group) is 1. The Hall–Kier alpha value is -3.59. The van der Waals surface area contributed by atoms with Gasteiger partial charge in [-0.25, -0.2) is 9.37 Å². The zero-order valence-corrected chi connectivity index (χ0v) is 21.0. The Morgan fingerprint density at radius 1 is 1.17 bits per heavy atom. The second-order valence-corrected chi connectivity index (χ2v) is 9.91. The summed E-state index contributed by atoms with van der Waals surface area (Å²) in [6.45, 7) is 5.55. The zero-order chi connectivity index (χ0) is 25.1. The lowest BCUT2D eigenvalue weighted by molar-refractivity contribution is -0.135. The first kappa shape index (κ1) is 22.8. The molecule has 186 valence electrons. The summed E-state index contributed by atoms with van der Waals surface area (Å²) in [5.74, 6) is 0.711. The van der Waals surface area contributed by atoms with Gasteiger partial charge in [0.1, 0.15) is 17.7 Å². The van der Waals surface area contributed by atoms with Gasteiger partial charge >= 0.3 is 0 Å². The lowest BCUT2D eigenvalue weighted by Gasteiger charge is -2.32. The van der Waals surface area contributed by atoms with Gasteiger partial charge in [-0.05, 0) is 44.2 Å². The number of hydrogen-bond acceptors (Lipinski definition) is 5. The molecule has 1 amide bonds. The Labute approximate surface area is 208 Å². The molecule has 8 nitrogen and oxygen atoms in total. The van der Waals surface area contributed by atoms with Crippen molar-refractivity contribution in [3.05, 3.63) is 53.6 Å². The first-order chi connectivity index (χ1) is 17.3. The number of aromatic nitrogens is 5. The van der Waals surface area contributed by atoms with Gasteiger partial charge in [0.15, 0.2) is 0 Å². The second kappa shape index (κ2) is 8.51. The van der Waals surface area contributed by atoms with E-state index in [1.54, 1.807) is 28.9 Å². The largest absolute Gasteiger partial charge is 0.381 e. The normalized spacial score (nSPS) is 18.8. The van der Waals surface area contributed by atoms with Crippen molar-refractivity contribution in [1.29, 1.82) is 0 Å². The summed E-state index contributed by atoms with van der Waals surface area (Å²) >= 11 is 0. The van der Waals surface area contributed by atoms with Crippen LogP contribution in [-0.4, -0.2) is 55.4 Å². The number of halogens is 1. The predicted octanol–water partition coefficient (Wildman–Crippen LogP) is 4.37. The molecule has 1 atom stereocenters. The highest BCUT2D eigenvalue weighted by molar-refractivity contribution is 5.98. The molecular formula is C27H29FN6O2. The highest BCUT2D eigenvalue weighted by Crippen LogP contribution is 2.40. The van der Waals surface area contributed by atoms with Gasteiger partial charge in [0.25, 0.3) is 0 Å². The number of carbonyl (C=O) groups excluding carboxylic acids is 1. The van der Waals surface area contributed by atoms with Gasteiger partial charge < -0.3 is 14.2 Å². The highest BCUT2D eigenvalue weighted by Gasteiger charge is 2.36. The van der Waals surface area contributed by atoms with E-state index in [1.807, 2.05) is 37.7 Å². The van der Waals surface area contributed by atoms with E-state index >= 15 is 4.39 Å². The third-order valence-electron chi connectivity index (χ3n) is 7.51. The van der Waals surface area contributed by atoms with Crippen LogP contribution < -0.4 is 0 Å². The van der Waals surface area contributed by atoms with Gasteiger partial charge in [0.05, 0.1) is 29.3 Å². The van der Waals surface area contributed by atoms with Crippen LogP contribution in [0.4, 0.5) is 4.39 Å². The van der Waals surface area contributed by atoms with Gasteiger partial charge in [-0.15, -0.1) is 0 Å². The van der Waals surface area contributed by atoms with E-state index in [9.17, 15) is 4.79 Å². The minimum atomic E-state index is -0.394. The van der Waals surface area contributed by atoms with Crippen molar-refractivity contribution >= 4 is 16.7 Å². The maximum atomic E-state index is 15.6. The lowest BCUT2D eigenvalue weighted by Crippen LogP contribution is -2.40. The Morgan fingerprint density at radius 3 is 2.67 bits per heavy atom. The third-order valence-corrected chi connectivity index (χ3v) is 7.51. The van der Waals surface area contributed by atoms with Crippen molar-refractivity contribution in [3.63, 3.8) is 0 Å². The van der Waals surface area contributed by atoms with Gasteiger partial charge in [-0.3, -0.25) is 14.5 Å². The number of rotatable bonds is 3. The molecule has 0 spiro atoms. The number of ether oxygens (including phenoxy) is 1. The number of fused-ring (bicyclic) bond motifs is 2. The van der Waals surface area contributed by atoms with Crippen LogP contribution in [0.15, 0.2) is 30.6 Å². The van der Waals surface area contributed by atoms with Crippen molar-refractivity contribution in [2.45, 2.75) is 45.2 Å². The summed E-state index contributed by atoms with van der Waals surface area (Å²) in [6.07, 6.45) is 5.34. The molecule has 0 unspecified atom stereocenters. The molecule has 0 aliphatic carbocycles. The molecule has 6 rings (SSSR count). The maximum Gasteiger partial charge on any atom is 0.245 e. The molecule has 0 radical (unpaired) electrons. The molecular weight excluding hydrogens is 459 g/mol. The Bertz CT molecular complexity index is 1500. The number of nitrogens with zero attached hydrogens (tertiary/aromatic N) is 6. The van der Waals surface area contributed by atoms with Crippen molar-refractivity contribution in [2.24, 2.45) is 7.05 Å². The number of hydrogen-bond donors (Lipinski definition) is 0. The van der Waals surface area contributed by atoms with E-state index in [1.165, 1.54) is 6.07 Å². The van der Waals surface area contributed by atoms with Crippen LogP contribution in [0, 0.1) is 12.7 Å². The van der Waals surface area contributed by atoms with E-state index in [0.29, 0.717) is 36.4 Å². The molecule has 3 aromatic heterocycles. The Kier molecular flexibility index (Phi) is 5.40. The zero-order valence-electron chi connectivity index (χ0n) is 21.0. The van der Waals surface area contributed by atoms with E-state index < -0.39 is 6.04 Å². The van der Waals surface area contributed by atoms with Crippen LogP contribution in [-0.2, 0) is 23.1 Å². The molecule has 0 bridgehead atoms. The molecule has 4 aromatic rings. The minimum Gasteiger partial charge on any atom is -0.381 e. The van der Waals surface area contributed by atoms with Crippen LogP contribution in [0.25, 0.3) is 33.3 Å². The van der Waals surface area contributed by atoms with Crippen molar-refractivity contribution in [2.75, 3.05) is 20.3 Å². The molecule has 9 heteroatoms. The Morgan fingerprint density at radius 2 is 1.94 bits per heavy atom. The first-order valence-electron chi connectivity index (χ1n) is 12.4. The Balaban J connectivity index is 1.56. The van der Waals surface area contributed by atoms with E-state index in [2.05, 4.69) is 5.10 Å². The summed E-state index contributed by atoms with van der Waals surface area (Å²) in [5, 5.41) is 6.00. The van der Waals surface area contributed by atoms with Crippen LogP contribution in [0.5, 0.6) is 0 Å². The summed E-state index contributed by atoms with van der Waals surface area (Å²) in [6, 6.07) is 4.86. The monoisotopic (exact) mass is 488 g/mol. The quantitative estimate of drug-likeness (QED) is 0.428. The van der Waals surface area contributed by atoms with E-state index in [4.69, 9.17) is 14.7 Å². The average molecular weight is 489 g/mol. The molecule has 1 saturated heterocycles. The summed E-state index contributed by atoms with van der Waals surface area (Å²) < 4.78 is 25.0. The average Bonchev–Trinajstić information content (AvgIpc) is 3.42. The molecule has 5 heterocycles. The fourth-order valence-corrected chi connectivity index (χ4v) is 5.68. The fraction of sp³-hybridized carbons (Fsp3) is 0.407. The SMILES string of the molecule is Cc1nn(C)cc1-c1cc2ccc(F)c(-c3nc(C4CCOCC4)n4c3CN(C)C(=O)[C@H]4C)c2cn1. The first-order valence-corrected chi connectivity index (χ1v) is 12.4. The second-order valence-electron chi connectivity index (χ2n) is 9.91. The number of aryl methyl sites for hydroxylation is 2. The van der Waals surface area contributed by atoms with Crippen LogP contribution in [0.1, 0.15) is 48.9 Å². The highest BCUT2D eigenvalue weighted by atomic mass is 19.1. The van der Waals surface area contributed by atoms with Crippen LogP contribution >= 0.6 is 0 Å². The lowest BCUT2D eigenvalue weighted by atomic mass is 9.98. The molecule has 2 aliphatic heterocycles. The maximum absolute atomic E-state index is 15.6. The number of carbonyl (C=O) groups is 1. The summed E-state index contributed by atoms with van der Waals surface area (Å²) in [4.78, 5) is 24.4. The number of amides is 1. The molecule has 1 aromatic carbocycles. The van der Waals surface area contributed by atoms with Gasteiger partial charge in [0.2, 0.25) is 5.91 Å². The van der Waals surface area contributed by atoms with Crippen LogP contribution in [0.3, 0.4) is 0 Å². The van der Waals surface area contributed by atoms with Crippen molar-refractivity contribution in [1.82, 2.24) is 29.2 Å².